The zero-order valence-electron chi connectivity index (χ0n) is 62.1. The van der Waals surface area contributed by atoms with Crippen molar-refractivity contribution in [1.29, 1.82) is 0 Å². The van der Waals surface area contributed by atoms with Gasteiger partial charge in [0.05, 0.1) is 0 Å². The Kier molecular flexibility index (Phi) is 20.9. The van der Waals surface area contributed by atoms with Gasteiger partial charge in [-0.05, 0) is 27.7 Å². The Balaban J connectivity index is 0.815. The van der Waals surface area contributed by atoms with E-state index in [4.69, 9.17) is 0 Å². The SMILES string of the molecule is Cc1ccc(/C=C(\c2ccccc2)c2ccc(-c3cc[c]([Ge]([c]4ccc(-c5ccc(/C(=C/c6ccc(C)cc6)c6ccccc6)cc5)cc4)([c]4ccc(-c5ccc(/C(=C/c6ccc(C)cc6)c6ccccc6)cc5)cc4)[c]4ccc(-c5ccc(/C(=C/c6ccc(C)cc6)c6ccccc6)cc5)cc4)cc3)cc2)cc1. The van der Waals surface area contributed by atoms with Gasteiger partial charge >= 0.3 is 528 Å². The molecule has 0 aliphatic rings. The normalized spacial score (nSPS) is 12.1. The van der Waals surface area contributed by atoms with Crippen LogP contribution >= 0.6 is 0 Å². The summed E-state index contributed by atoms with van der Waals surface area (Å²) in [4.78, 5) is 0. The summed E-state index contributed by atoms with van der Waals surface area (Å²) in [5.41, 5.74) is 33.2. The Morgan fingerprint density at radius 2 is 0.303 bits per heavy atom. The first kappa shape index (κ1) is 70.3. The average molecular weight is 1450 g/mol. The quantitative estimate of drug-likeness (QED) is 0.0527. The molecule has 0 bridgehead atoms. The van der Waals surface area contributed by atoms with Crippen LogP contribution in [0.15, 0.2) is 413 Å². The van der Waals surface area contributed by atoms with E-state index in [2.05, 4.69) is 465 Å². The van der Waals surface area contributed by atoms with Gasteiger partial charge in [-0.15, -0.1) is 0 Å². The minimum atomic E-state index is -4.08. The number of benzene rings is 16. The van der Waals surface area contributed by atoms with Gasteiger partial charge < -0.3 is 0 Å². The number of hydrogen-bond acceptors (Lipinski definition) is 0. The summed E-state index contributed by atoms with van der Waals surface area (Å²) < 4.78 is 5.37. The van der Waals surface area contributed by atoms with Crippen LogP contribution in [0.3, 0.4) is 0 Å². The van der Waals surface area contributed by atoms with E-state index in [1.54, 1.807) is 0 Å². The molecule has 0 aliphatic carbocycles. The molecule has 0 unspecified atom stereocenters. The molecule has 0 heterocycles. The van der Waals surface area contributed by atoms with Gasteiger partial charge in [-0.1, -0.05) is 95.1 Å². The van der Waals surface area contributed by atoms with Crippen LogP contribution in [0, 0.1) is 27.7 Å². The fourth-order valence-corrected chi connectivity index (χ4v) is 24.9. The summed E-state index contributed by atoms with van der Waals surface area (Å²) in [5.74, 6) is 0. The van der Waals surface area contributed by atoms with Crippen molar-refractivity contribution in [3.05, 3.63) is 502 Å². The number of rotatable bonds is 20. The summed E-state index contributed by atoms with van der Waals surface area (Å²) >= 11 is -4.08. The summed E-state index contributed by atoms with van der Waals surface area (Å²) in [7, 11) is 0. The van der Waals surface area contributed by atoms with Gasteiger partial charge in [0.2, 0.25) is 0 Å². The molecule has 109 heavy (non-hydrogen) atoms. The van der Waals surface area contributed by atoms with E-state index < -0.39 is 13.3 Å². The smallest absolute Gasteiger partial charge is 0.0587 e. The minimum absolute atomic E-state index is 1.17. The number of aryl methyl sites for hydroxylation is 4. The van der Waals surface area contributed by atoms with E-state index in [9.17, 15) is 0 Å². The van der Waals surface area contributed by atoms with Crippen molar-refractivity contribution in [1.82, 2.24) is 0 Å². The maximum absolute atomic E-state index is 4.08. The van der Waals surface area contributed by atoms with Gasteiger partial charge in [-0.2, -0.15) is 0 Å². The molecule has 0 aromatic heterocycles. The fraction of sp³-hybridized carbons (Fsp3) is 0.0370. The first-order valence-corrected chi connectivity index (χ1v) is 42.0. The zero-order chi connectivity index (χ0) is 73.9. The molecule has 16 aromatic rings. The van der Waals surface area contributed by atoms with Gasteiger partial charge in [0.1, 0.15) is 0 Å². The molecular weight excluding hydrogens is 1370 g/mol. The second-order valence-electron chi connectivity index (χ2n) is 28.7. The van der Waals surface area contributed by atoms with E-state index >= 15 is 0 Å². The average Bonchev–Trinajstić information content (AvgIpc) is 0.727. The van der Waals surface area contributed by atoms with E-state index in [0.29, 0.717) is 0 Å². The van der Waals surface area contributed by atoms with Crippen LogP contribution in [0.25, 0.3) is 91.1 Å². The molecule has 0 fully saturated rings. The molecule has 1 heteroatoms. The standard InChI is InChI=1S/C108H84Ge/c1-77-25-33-81(34-26-77)73-105(93-17-9-5-10-18-93)97-49-41-85(42-50-97)89-57-65-101(66-58-89)109(102-67-59-90(60-68-102)86-43-51-98(52-44-86)106(94-19-11-6-12-20-94)74-82-35-27-78(2)28-36-82,103-69-61-91(62-70-103)87-45-53-99(54-46-87)107(95-21-13-7-14-22-95)75-83-37-29-79(3)30-38-83)104-71-63-92(64-72-104)88-47-55-100(56-48-88)108(96-23-15-8-16-24-96)76-84-39-31-80(4)32-40-84/h5-76H,1-4H3/b105-73+,106-74+,107-75+,108-76+. The molecule has 0 aliphatic heterocycles. The van der Waals surface area contributed by atoms with Gasteiger partial charge in [0.15, 0.2) is 0 Å². The van der Waals surface area contributed by atoms with E-state index in [0.717, 1.165) is 0 Å². The predicted molar refractivity (Wildman–Crippen MR) is 470 cm³/mol. The Bertz CT molecular complexity index is 5110. The topological polar surface area (TPSA) is 0 Å². The zero-order valence-corrected chi connectivity index (χ0v) is 64.2. The Morgan fingerprint density at radius 1 is 0.156 bits per heavy atom. The number of hydrogen-bond donors (Lipinski definition) is 0. The molecule has 0 amide bonds. The predicted octanol–water partition coefficient (Wildman–Crippen LogP) is 25.3. The first-order chi connectivity index (χ1) is 53.6. The van der Waals surface area contributed by atoms with E-state index in [1.807, 2.05) is 0 Å². The van der Waals surface area contributed by atoms with Crippen molar-refractivity contribution >= 4 is 77.4 Å². The minimum Gasteiger partial charge on any atom is -0.0587 e. The van der Waals surface area contributed by atoms with Crippen molar-refractivity contribution in [2.24, 2.45) is 0 Å². The van der Waals surface area contributed by atoms with Crippen LogP contribution in [0.2, 0.25) is 0 Å². The molecule has 0 spiro atoms. The van der Waals surface area contributed by atoms with Crippen LogP contribution < -0.4 is 17.6 Å². The van der Waals surface area contributed by atoms with Gasteiger partial charge in [0, 0.05) is 0 Å². The van der Waals surface area contributed by atoms with Crippen molar-refractivity contribution < 1.29 is 0 Å². The Hall–Kier alpha value is -13.0. The third-order valence-electron chi connectivity index (χ3n) is 21.3. The third kappa shape index (κ3) is 16.0. The fourth-order valence-electron chi connectivity index (χ4n) is 15.1. The van der Waals surface area contributed by atoms with Crippen LogP contribution in [-0.4, -0.2) is 13.3 Å². The van der Waals surface area contributed by atoms with Crippen LogP contribution in [0.4, 0.5) is 0 Å². The molecular formula is C108H84Ge. The van der Waals surface area contributed by atoms with Crippen molar-refractivity contribution in [3.63, 3.8) is 0 Å². The molecule has 0 N–H and O–H groups in total. The summed E-state index contributed by atoms with van der Waals surface area (Å²) in [6.45, 7) is 8.57. The molecule has 16 aromatic carbocycles. The van der Waals surface area contributed by atoms with E-state index in [-0.39, 0.29) is 0 Å². The second kappa shape index (κ2) is 32.4. The van der Waals surface area contributed by atoms with Gasteiger partial charge in [-0.3, -0.25) is 0 Å². The van der Waals surface area contributed by atoms with Crippen LogP contribution in [0.5, 0.6) is 0 Å². The molecule has 0 radical (unpaired) electrons. The van der Waals surface area contributed by atoms with Gasteiger partial charge in [-0.25, -0.2) is 0 Å². The monoisotopic (exact) mass is 1450 g/mol. The first-order valence-electron chi connectivity index (χ1n) is 37.8. The van der Waals surface area contributed by atoms with Crippen molar-refractivity contribution in [3.8, 4) is 44.5 Å². The molecule has 0 saturated heterocycles. The van der Waals surface area contributed by atoms with E-state index in [1.165, 1.54) is 173 Å². The van der Waals surface area contributed by atoms with Crippen LogP contribution in [0.1, 0.15) is 89.0 Å². The summed E-state index contributed by atoms with van der Waals surface area (Å²) in [6.07, 6.45) is 9.25. The molecule has 520 valence electrons. The maximum atomic E-state index is 2.46. The Labute approximate surface area is 646 Å². The van der Waals surface area contributed by atoms with Crippen molar-refractivity contribution in [2.75, 3.05) is 0 Å². The third-order valence-corrected chi connectivity index (χ3v) is 31.3. The van der Waals surface area contributed by atoms with Crippen LogP contribution in [-0.2, 0) is 0 Å². The van der Waals surface area contributed by atoms with Crippen molar-refractivity contribution in [2.45, 2.75) is 27.7 Å². The molecule has 0 saturated carbocycles. The summed E-state index contributed by atoms with van der Waals surface area (Å²) in [6, 6.07) is 154. The molecule has 0 atom stereocenters. The Morgan fingerprint density at radius 3 is 0.468 bits per heavy atom. The second-order valence-corrected chi connectivity index (χ2v) is 36.7. The summed E-state index contributed by atoms with van der Waals surface area (Å²) in [5, 5.41) is 0. The molecule has 16 rings (SSSR count). The molecule has 0 nitrogen and oxygen atoms in total. The van der Waals surface area contributed by atoms with Gasteiger partial charge in [0.25, 0.3) is 0 Å².